The van der Waals surface area contributed by atoms with Crippen molar-refractivity contribution in [1.29, 1.82) is 0 Å². The standard InChI is InChI=1S/C48H78O17/c1-21-29(51)31(53)35(57)40(60-21)64-37-32(54)30(52)24(20-49)61-41(37)65-38-34(56)33(55)36(39(58)59)63-42(38)62-28-13-14-46(7)25(44(28,4)5)12-15-48(9)26(46)11-10-22-23-18-43(2,3)19-27(50)45(23,6)16-17-47(22,48)8/h10,21,23-38,40-42,49-57H,11-20H2,1-9H3,(H,58,59)/t21-,23?,24+,25?,26?,27+,28-,29-,30+,31+,32-,33-,34-,35+,36-,37+,38+,40?,41?,42?,45+,46-,47+,48+/m0/s1. The van der Waals surface area contributed by atoms with E-state index in [0.29, 0.717) is 18.3 Å². The maximum Gasteiger partial charge on any atom is 0.335 e. The lowest BCUT2D eigenvalue weighted by atomic mass is 9.33. The van der Waals surface area contributed by atoms with Crippen LogP contribution in [0.5, 0.6) is 0 Å². The number of carboxylic acid groups (broad SMARTS) is 1. The summed E-state index contributed by atoms with van der Waals surface area (Å²) >= 11 is 0. The highest BCUT2D eigenvalue weighted by atomic mass is 16.8. The van der Waals surface area contributed by atoms with Crippen molar-refractivity contribution in [3.8, 4) is 0 Å². The van der Waals surface area contributed by atoms with Gasteiger partial charge in [-0.05, 0) is 110 Å². The first-order valence-corrected chi connectivity index (χ1v) is 24.1. The first-order valence-electron chi connectivity index (χ1n) is 24.1. The summed E-state index contributed by atoms with van der Waals surface area (Å²) in [5.41, 5.74) is 0.763. The molecule has 7 fully saturated rings. The van der Waals surface area contributed by atoms with E-state index in [2.05, 4.69) is 61.5 Å². The normalized spacial score (nSPS) is 55.1. The summed E-state index contributed by atoms with van der Waals surface area (Å²) in [6.07, 6.45) is -15.9. The zero-order valence-electron chi connectivity index (χ0n) is 39.5. The van der Waals surface area contributed by atoms with Crippen molar-refractivity contribution in [2.24, 2.45) is 50.2 Å². The second-order valence-electron chi connectivity index (χ2n) is 23.8. The molecule has 0 aromatic carbocycles. The third kappa shape index (κ3) is 7.81. The average molecular weight is 927 g/mol. The Hall–Kier alpha value is -1.39. The van der Waals surface area contributed by atoms with Crippen LogP contribution in [0.4, 0.5) is 0 Å². The van der Waals surface area contributed by atoms with Crippen molar-refractivity contribution in [3.05, 3.63) is 11.6 Å². The second-order valence-corrected chi connectivity index (χ2v) is 23.8. The SMILES string of the molecule is C[C@@H]1OC(O[C@H]2C(O[C@H]3C(O[C@H]4CC[C@@]5(C)C(CC[C@]6(C)C5CC=C5C7CC(C)(C)C[C@@H](O)[C@]7(C)CC[C@]56C)C4(C)C)O[C@H](C(=O)O)[C@@H](O)[C@@H]3O)O[C@H](CO)[C@@H](O)[C@@H]2O)[C@H](O)[C@H](O)[C@H]1O. The molecule has 0 amide bonds. The van der Waals surface area contributed by atoms with E-state index < -0.39 is 116 Å². The Labute approximate surface area is 382 Å². The van der Waals surface area contributed by atoms with Crippen molar-refractivity contribution < 1.29 is 84.3 Å². The van der Waals surface area contributed by atoms with Crippen molar-refractivity contribution in [1.82, 2.24) is 0 Å². The molecule has 0 aromatic rings. The van der Waals surface area contributed by atoms with E-state index in [1.807, 2.05) is 0 Å². The van der Waals surface area contributed by atoms with Crippen molar-refractivity contribution in [2.75, 3.05) is 6.61 Å². The van der Waals surface area contributed by atoms with E-state index in [0.717, 1.165) is 51.4 Å². The fraction of sp³-hybridized carbons (Fsp3) is 0.938. The Morgan fingerprint density at radius 3 is 1.94 bits per heavy atom. The van der Waals surface area contributed by atoms with Crippen LogP contribution < -0.4 is 0 Å². The fourth-order valence-electron chi connectivity index (χ4n) is 15.1. The van der Waals surface area contributed by atoms with Gasteiger partial charge in [0.05, 0.1) is 24.9 Å². The number of fused-ring (bicyclic) bond motifs is 7. The van der Waals surface area contributed by atoms with E-state index in [9.17, 15) is 55.9 Å². The minimum Gasteiger partial charge on any atom is -0.479 e. The Kier molecular flexibility index (Phi) is 13.2. The largest absolute Gasteiger partial charge is 0.479 e. The summed E-state index contributed by atoms with van der Waals surface area (Å²) in [7, 11) is 0. The fourth-order valence-corrected chi connectivity index (χ4v) is 15.1. The molecule has 0 bridgehead atoms. The van der Waals surface area contributed by atoms with Gasteiger partial charge in [0.1, 0.15) is 61.0 Å². The molecule has 3 heterocycles. The number of aliphatic hydroxyl groups excluding tert-OH is 9. The number of hydrogen-bond donors (Lipinski definition) is 10. The third-order valence-electron chi connectivity index (χ3n) is 19.4. The summed E-state index contributed by atoms with van der Waals surface area (Å²) in [6, 6.07) is 0. The molecule has 24 atom stereocenters. The predicted octanol–water partition coefficient (Wildman–Crippen LogP) is 1.73. The van der Waals surface area contributed by atoms with Gasteiger partial charge >= 0.3 is 5.97 Å². The molecule has 3 saturated heterocycles. The van der Waals surface area contributed by atoms with Gasteiger partial charge in [0.25, 0.3) is 0 Å². The topological polar surface area (TPSA) is 275 Å². The van der Waals surface area contributed by atoms with Crippen LogP contribution >= 0.6 is 0 Å². The lowest BCUT2D eigenvalue weighted by Crippen LogP contribution is -2.68. The monoisotopic (exact) mass is 927 g/mol. The molecule has 4 saturated carbocycles. The van der Waals surface area contributed by atoms with Crippen molar-refractivity contribution in [3.63, 3.8) is 0 Å². The van der Waals surface area contributed by atoms with E-state index in [-0.39, 0.29) is 39.1 Å². The quantitative estimate of drug-likeness (QED) is 0.123. The molecule has 372 valence electrons. The van der Waals surface area contributed by atoms with Crippen LogP contribution in [-0.2, 0) is 33.2 Å². The lowest BCUT2D eigenvalue weighted by Gasteiger charge is -2.71. The summed E-state index contributed by atoms with van der Waals surface area (Å²) in [5.74, 6) is -0.724. The maximum atomic E-state index is 12.5. The number of allylic oxidation sites excluding steroid dienone is 2. The first-order chi connectivity index (χ1) is 30.2. The van der Waals surface area contributed by atoms with Crippen LogP contribution in [0.3, 0.4) is 0 Å². The molecule has 8 rings (SSSR count). The zero-order valence-corrected chi connectivity index (χ0v) is 39.5. The Morgan fingerprint density at radius 1 is 0.662 bits per heavy atom. The van der Waals surface area contributed by atoms with Crippen LogP contribution in [0.15, 0.2) is 11.6 Å². The highest BCUT2D eigenvalue weighted by molar-refractivity contribution is 5.73. The molecule has 8 aliphatic rings. The van der Waals surface area contributed by atoms with E-state index in [4.69, 9.17) is 28.4 Å². The molecule has 10 N–H and O–H groups in total. The van der Waals surface area contributed by atoms with Crippen LogP contribution in [-0.4, -0.2) is 168 Å². The molecular weight excluding hydrogens is 849 g/mol. The summed E-state index contributed by atoms with van der Waals surface area (Å²) in [6.45, 7) is 19.3. The van der Waals surface area contributed by atoms with Crippen LogP contribution in [0.25, 0.3) is 0 Å². The van der Waals surface area contributed by atoms with Crippen LogP contribution in [0.2, 0.25) is 0 Å². The number of ether oxygens (including phenoxy) is 6. The Morgan fingerprint density at radius 2 is 1.29 bits per heavy atom. The number of aliphatic carboxylic acids is 1. The molecule has 65 heavy (non-hydrogen) atoms. The van der Waals surface area contributed by atoms with Gasteiger partial charge in [0, 0.05) is 5.41 Å². The first kappa shape index (κ1) is 50.0. The minimum absolute atomic E-state index is 0.00181. The van der Waals surface area contributed by atoms with Gasteiger partial charge in [-0.2, -0.15) is 0 Å². The van der Waals surface area contributed by atoms with E-state index in [1.54, 1.807) is 5.57 Å². The van der Waals surface area contributed by atoms with Gasteiger partial charge in [-0.15, -0.1) is 0 Å². The molecule has 5 aliphatic carbocycles. The van der Waals surface area contributed by atoms with Gasteiger partial charge in [-0.1, -0.05) is 67.0 Å². The lowest BCUT2D eigenvalue weighted by molar-refractivity contribution is -0.395. The smallest absolute Gasteiger partial charge is 0.335 e. The van der Waals surface area contributed by atoms with E-state index in [1.165, 1.54) is 6.92 Å². The molecule has 0 spiro atoms. The van der Waals surface area contributed by atoms with Crippen LogP contribution in [0.1, 0.15) is 120 Å². The molecule has 0 radical (unpaired) electrons. The third-order valence-corrected chi connectivity index (χ3v) is 19.4. The van der Waals surface area contributed by atoms with Crippen molar-refractivity contribution in [2.45, 2.75) is 224 Å². The molecule has 17 nitrogen and oxygen atoms in total. The number of aliphatic hydroxyl groups is 9. The van der Waals surface area contributed by atoms with Crippen LogP contribution in [0, 0.1) is 50.2 Å². The number of carboxylic acids is 1. The molecule has 3 aliphatic heterocycles. The summed E-state index contributed by atoms with van der Waals surface area (Å²) in [5, 5.41) is 108. The Balaban J connectivity index is 1.06. The number of rotatable bonds is 8. The molecule has 17 heteroatoms. The molecular formula is C48H78O17. The van der Waals surface area contributed by atoms with Crippen molar-refractivity contribution >= 4 is 5.97 Å². The summed E-state index contributed by atoms with van der Waals surface area (Å²) in [4.78, 5) is 12.5. The second kappa shape index (κ2) is 17.2. The number of hydrogen-bond acceptors (Lipinski definition) is 16. The number of carbonyl (C=O) groups is 1. The average Bonchev–Trinajstić information content (AvgIpc) is 3.22. The summed E-state index contributed by atoms with van der Waals surface area (Å²) < 4.78 is 36.4. The zero-order chi connectivity index (χ0) is 47.7. The van der Waals surface area contributed by atoms with Gasteiger partial charge in [-0.25, -0.2) is 4.79 Å². The highest BCUT2D eigenvalue weighted by Gasteiger charge is 2.69. The Bertz CT molecular complexity index is 1790. The van der Waals surface area contributed by atoms with Gasteiger partial charge in [-0.3, -0.25) is 0 Å². The van der Waals surface area contributed by atoms with E-state index >= 15 is 0 Å². The predicted molar refractivity (Wildman–Crippen MR) is 229 cm³/mol. The van der Waals surface area contributed by atoms with Gasteiger partial charge < -0.3 is 79.5 Å². The minimum atomic E-state index is -2.02. The maximum absolute atomic E-state index is 12.5. The molecule has 6 unspecified atom stereocenters. The van der Waals surface area contributed by atoms with Gasteiger partial charge in [0.15, 0.2) is 25.0 Å². The molecule has 0 aromatic heterocycles. The van der Waals surface area contributed by atoms with Gasteiger partial charge in [0.2, 0.25) is 0 Å². The highest BCUT2D eigenvalue weighted by Crippen LogP contribution is 2.76.